The van der Waals surface area contributed by atoms with Gasteiger partial charge in [-0.3, -0.25) is 0 Å². The van der Waals surface area contributed by atoms with Crippen molar-refractivity contribution in [3.63, 3.8) is 0 Å². The van der Waals surface area contributed by atoms with Crippen molar-refractivity contribution in [3.8, 4) is 5.75 Å². The van der Waals surface area contributed by atoms with E-state index in [1.807, 2.05) is 12.1 Å². The van der Waals surface area contributed by atoms with Crippen molar-refractivity contribution >= 4 is 0 Å². The van der Waals surface area contributed by atoms with Gasteiger partial charge in [0.25, 0.3) is 0 Å². The van der Waals surface area contributed by atoms with Crippen LogP contribution in [0, 0.1) is 5.92 Å². The molecule has 118 valence electrons. The number of alkyl halides is 2. The molecular formula is C16H24F2N2O. The number of halogens is 2. The molecule has 5 heteroatoms. The Bertz CT molecular complexity index is 405. The van der Waals surface area contributed by atoms with E-state index in [0.29, 0.717) is 5.92 Å². The SMILES string of the molecule is CC(CNCc1ccc(OC(F)F)cc1)CN1CCCC1. The second-order valence-corrected chi connectivity index (χ2v) is 5.77. The molecule has 0 spiro atoms. The van der Waals surface area contributed by atoms with Crippen LogP contribution in [0.4, 0.5) is 8.78 Å². The molecule has 1 heterocycles. The monoisotopic (exact) mass is 298 g/mol. The number of rotatable bonds is 8. The van der Waals surface area contributed by atoms with Gasteiger partial charge >= 0.3 is 6.61 Å². The second-order valence-electron chi connectivity index (χ2n) is 5.77. The largest absolute Gasteiger partial charge is 0.435 e. The summed E-state index contributed by atoms with van der Waals surface area (Å²) in [5.41, 5.74) is 1.07. The zero-order valence-electron chi connectivity index (χ0n) is 12.5. The minimum atomic E-state index is -2.76. The Labute approximate surface area is 125 Å². The van der Waals surface area contributed by atoms with Crippen LogP contribution in [-0.4, -0.2) is 37.7 Å². The van der Waals surface area contributed by atoms with Gasteiger partial charge < -0.3 is 15.0 Å². The Morgan fingerprint density at radius 1 is 1.19 bits per heavy atom. The van der Waals surface area contributed by atoms with E-state index in [1.165, 1.54) is 25.9 Å². The van der Waals surface area contributed by atoms with Gasteiger partial charge in [-0.1, -0.05) is 19.1 Å². The first-order chi connectivity index (χ1) is 10.1. The Morgan fingerprint density at radius 2 is 1.86 bits per heavy atom. The van der Waals surface area contributed by atoms with Gasteiger partial charge in [0.05, 0.1) is 0 Å². The van der Waals surface area contributed by atoms with E-state index in [9.17, 15) is 8.78 Å². The predicted molar refractivity (Wildman–Crippen MR) is 79.6 cm³/mol. The van der Waals surface area contributed by atoms with E-state index in [4.69, 9.17) is 0 Å². The van der Waals surface area contributed by atoms with E-state index >= 15 is 0 Å². The molecule has 1 aliphatic rings. The highest BCUT2D eigenvalue weighted by Crippen LogP contribution is 2.15. The molecule has 3 nitrogen and oxygen atoms in total. The molecule has 1 N–H and O–H groups in total. The van der Waals surface area contributed by atoms with Crippen molar-refractivity contribution in [2.45, 2.75) is 32.9 Å². The lowest BCUT2D eigenvalue weighted by molar-refractivity contribution is -0.0498. The molecule has 1 saturated heterocycles. The number of hydrogen-bond acceptors (Lipinski definition) is 3. The van der Waals surface area contributed by atoms with Crippen LogP contribution < -0.4 is 10.1 Å². The van der Waals surface area contributed by atoms with E-state index in [2.05, 4.69) is 21.9 Å². The predicted octanol–water partition coefficient (Wildman–Crippen LogP) is 3.11. The van der Waals surface area contributed by atoms with E-state index < -0.39 is 6.61 Å². The summed E-state index contributed by atoms with van der Waals surface area (Å²) in [6, 6.07) is 6.79. The normalized spacial score (nSPS) is 17.3. The molecule has 0 amide bonds. The van der Waals surface area contributed by atoms with Gasteiger partial charge in [-0.05, 0) is 56.1 Å². The third-order valence-electron chi connectivity index (χ3n) is 3.74. The minimum absolute atomic E-state index is 0.205. The van der Waals surface area contributed by atoms with E-state index in [0.717, 1.165) is 25.2 Å². The summed E-state index contributed by atoms with van der Waals surface area (Å²) in [6.45, 7) is 4.82. The number of hydrogen-bond donors (Lipinski definition) is 1. The lowest BCUT2D eigenvalue weighted by Gasteiger charge is -2.20. The molecule has 0 radical (unpaired) electrons. The van der Waals surface area contributed by atoms with Crippen LogP contribution in [0.2, 0.25) is 0 Å². The van der Waals surface area contributed by atoms with E-state index in [-0.39, 0.29) is 5.75 Å². The molecule has 1 atom stereocenters. The van der Waals surface area contributed by atoms with Crippen LogP contribution in [-0.2, 0) is 6.54 Å². The summed E-state index contributed by atoms with van der Waals surface area (Å²) in [5.74, 6) is 0.820. The lowest BCUT2D eigenvalue weighted by Crippen LogP contribution is -2.31. The van der Waals surface area contributed by atoms with Crippen molar-refractivity contribution in [2.75, 3.05) is 26.2 Å². The average Bonchev–Trinajstić information content (AvgIpc) is 2.93. The van der Waals surface area contributed by atoms with Gasteiger partial charge in [0.15, 0.2) is 0 Å². The van der Waals surface area contributed by atoms with Gasteiger partial charge in [-0.15, -0.1) is 0 Å². The summed E-state index contributed by atoms with van der Waals surface area (Å²) in [5, 5.41) is 3.42. The van der Waals surface area contributed by atoms with Crippen molar-refractivity contribution in [1.29, 1.82) is 0 Å². The smallest absolute Gasteiger partial charge is 0.387 e. The number of nitrogens with zero attached hydrogens (tertiary/aromatic N) is 1. The summed E-state index contributed by atoms with van der Waals surface area (Å²) < 4.78 is 28.4. The van der Waals surface area contributed by atoms with Crippen LogP contribution in [0.1, 0.15) is 25.3 Å². The van der Waals surface area contributed by atoms with Crippen LogP contribution in [0.25, 0.3) is 0 Å². The summed E-state index contributed by atoms with van der Waals surface area (Å²) in [6.07, 6.45) is 2.65. The Morgan fingerprint density at radius 3 is 2.48 bits per heavy atom. The third kappa shape index (κ3) is 5.98. The lowest BCUT2D eigenvalue weighted by atomic mass is 10.1. The van der Waals surface area contributed by atoms with Crippen LogP contribution >= 0.6 is 0 Å². The Balaban J connectivity index is 1.65. The average molecular weight is 298 g/mol. The highest BCUT2D eigenvalue weighted by atomic mass is 19.3. The van der Waals surface area contributed by atoms with Gasteiger partial charge in [-0.2, -0.15) is 8.78 Å². The fourth-order valence-electron chi connectivity index (χ4n) is 2.72. The van der Waals surface area contributed by atoms with Gasteiger partial charge in [0.1, 0.15) is 5.75 Å². The second kappa shape index (κ2) is 8.29. The zero-order chi connectivity index (χ0) is 15.1. The van der Waals surface area contributed by atoms with Crippen molar-refractivity contribution in [1.82, 2.24) is 10.2 Å². The molecule has 0 aliphatic carbocycles. The van der Waals surface area contributed by atoms with Crippen molar-refractivity contribution in [3.05, 3.63) is 29.8 Å². The summed E-state index contributed by atoms with van der Waals surface area (Å²) in [7, 11) is 0. The Hall–Kier alpha value is -1.20. The molecule has 1 aromatic carbocycles. The topological polar surface area (TPSA) is 24.5 Å². The molecule has 1 unspecified atom stereocenters. The third-order valence-corrected chi connectivity index (χ3v) is 3.74. The number of benzene rings is 1. The van der Waals surface area contributed by atoms with Crippen LogP contribution in [0.5, 0.6) is 5.75 Å². The first-order valence-electron chi connectivity index (χ1n) is 7.60. The Kier molecular flexibility index (Phi) is 6.39. The molecule has 0 aromatic heterocycles. The molecule has 21 heavy (non-hydrogen) atoms. The van der Waals surface area contributed by atoms with Gasteiger partial charge in [-0.25, -0.2) is 0 Å². The van der Waals surface area contributed by atoms with Crippen molar-refractivity contribution in [2.24, 2.45) is 5.92 Å². The quantitative estimate of drug-likeness (QED) is 0.798. The number of likely N-dealkylation sites (tertiary alicyclic amines) is 1. The molecule has 0 saturated carbocycles. The number of nitrogens with one attached hydrogen (secondary N) is 1. The standard InChI is InChI=1S/C16H24F2N2O/c1-13(12-20-8-2-3-9-20)10-19-11-14-4-6-15(7-5-14)21-16(17)18/h4-7,13,16,19H,2-3,8-12H2,1H3. The highest BCUT2D eigenvalue weighted by molar-refractivity contribution is 5.27. The molecular weight excluding hydrogens is 274 g/mol. The molecule has 0 bridgehead atoms. The maximum absolute atomic E-state index is 12.0. The molecule has 1 aromatic rings. The summed E-state index contributed by atoms with van der Waals surface area (Å²) >= 11 is 0. The van der Waals surface area contributed by atoms with Gasteiger partial charge in [0.2, 0.25) is 0 Å². The van der Waals surface area contributed by atoms with Crippen LogP contribution in [0.15, 0.2) is 24.3 Å². The fraction of sp³-hybridized carbons (Fsp3) is 0.625. The maximum Gasteiger partial charge on any atom is 0.387 e. The zero-order valence-corrected chi connectivity index (χ0v) is 12.5. The number of ether oxygens (including phenoxy) is 1. The molecule has 1 fully saturated rings. The van der Waals surface area contributed by atoms with Crippen molar-refractivity contribution < 1.29 is 13.5 Å². The molecule has 1 aliphatic heterocycles. The van der Waals surface area contributed by atoms with Crippen LogP contribution in [0.3, 0.4) is 0 Å². The first kappa shape index (κ1) is 16.2. The van der Waals surface area contributed by atoms with Gasteiger partial charge in [0, 0.05) is 13.1 Å². The molecule has 2 rings (SSSR count). The maximum atomic E-state index is 12.0. The minimum Gasteiger partial charge on any atom is -0.435 e. The van der Waals surface area contributed by atoms with E-state index in [1.54, 1.807) is 12.1 Å². The highest BCUT2D eigenvalue weighted by Gasteiger charge is 2.14. The first-order valence-corrected chi connectivity index (χ1v) is 7.60. The summed E-state index contributed by atoms with van der Waals surface area (Å²) in [4.78, 5) is 2.52. The fourth-order valence-corrected chi connectivity index (χ4v) is 2.72.